The molecule has 0 saturated carbocycles. The summed E-state index contributed by atoms with van der Waals surface area (Å²) in [5, 5.41) is 6.13. The first kappa shape index (κ1) is 18.1. The molecule has 0 unspecified atom stereocenters. The Morgan fingerprint density at radius 1 is 1.08 bits per heavy atom. The zero-order chi connectivity index (χ0) is 17.5. The SMILES string of the molecule is COc1ccc(NCCC(=O)Nc2ccc(Br)cc2C)cc1OC. The summed E-state index contributed by atoms with van der Waals surface area (Å²) in [6.45, 7) is 2.49. The van der Waals surface area contributed by atoms with E-state index >= 15 is 0 Å². The van der Waals surface area contributed by atoms with E-state index in [2.05, 4.69) is 26.6 Å². The smallest absolute Gasteiger partial charge is 0.226 e. The Balaban J connectivity index is 1.86. The number of ether oxygens (including phenoxy) is 2. The van der Waals surface area contributed by atoms with E-state index in [0.29, 0.717) is 24.5 Å². The van der Waals surface area contributed by atoms with Crippen LogP contribution in [0.25, 0.3) is 0 Å². The van der Waals surface area contributed by atoms with Crippen LogP contribution in [0.15, 0.2) is 40.9 Å². The molecule has 6 heteroatoms. The Hall–Kier alpha value is -2.21. The van der Waals surface area contributed by atoms with Gasteiger partial charge >= 0.3 is 0 Å². The lowest BCUT2D eigenvalue weighted by Gasteiger charge is -2.12. The predicted molar refractivity (Wildman–Crippen MR) is 100 cm³/mol. The van der Waals surface area contributed by atoms with E-state index < -0.39 is 0 Å². The molecule has 0 fully saturated rings. The van der Waals surface area contributed by atoms with Crippen LogP contribution in [-0.4, -0.2) is 26.7 Å². The Labute approximate surface area is 150 Å². The summed E-state index contributed by atoms with van der Waals surface area (Å²) in [6.07, 6.45) is 0.365. The fourth-order valence-electron chi connectivity index (χ4n) is 2.25. The number of methoxy groups -OCH3 is 2. The van der Waals surface area contributed by atoms with Crippen LogP contribution in [0.2, 0.25) is 0 Å². The monoisotopic (exact) mass is 392 g/mol. The third-order valence-electron chi connectivity index (χ3n) is 3.53. The van der Waals surface area contributed by atoms with Gasteiger partial charge in [0.15, 0.2) is 11.5 Å². The van der Waals surface area contributed by atoms with Crippen molar-refractivity contribution in [1.82, 2.24) is 0 Å². The lowest BCUT2D eigenvalue weighted by atomic mass is 10.2. The van der Waals surface area contributed by atoms with Crippen molar-refractivity contribution >= 4 is 33.2 Å². The van der Waals surface area contributed by atoms with E-state index in [9.17, 15) is 4.79 Å². The first-order chi connectivity index (χ1) is 11.5. The molecule has 0 aliphatic carbocycles. The van der Waals surface area contributed by atoms with Crippen LogP contribution < -0.4 is 20.1 Å². The lowest BCUT2D eigenvalue weighted by molar-refractivity contribution is -0.115. The second-order valence-corrected chi connectivity index (χ2v) is 6.17. The minimum Gasteiger partial charge on any atom is -0.493 e. The number of carbonyl (C=O) groups is 1. The summed E-state index contributed by atoms with van der Waals surface area (Å²) in [5.74, 6) is 1.29. The van der Waals surface area contributed by atoms with Gasteiger partial charge in [0.05, 0.1) is 14.2 Å². The molecule has 24 heavy (non-hydrogen) atoms. The molecule has 2 aromatic rings. The summed E-state index contributed by atoms with van der Waals surface area (Å²) in [4.78, 5) is 12.1. The largest absolute Gasteiger partial charge is 0.493 e. The highest BCUT2D eigenvalue weighted by Crippen LogP contribution is 2.29. The maximum Gasteiger partial charge on any atom is 0.226 e. The second-order valence-electron chi connectivity index (χ2n) is 5.25. The van der Waals surface area contributed by atoms with E-state index in [1.807, 2.05) is 43.3 Å². The molecule has 2 aromatic carbocycles. The number of nitrogens with one attached hydrogen (secondary N) is 2. The van der Waals surface area contributed by atoms with E-state index in [1.165, 1.54) is 0 Å². The van der Waals surface area contributed by atoms with Gasteiger partial charge < -0.3 is 20.1 Å². The van der Waals surface area contributed by atoms with Gasteiger partial charge in [0.2, 0.25) is 5.91 Å². The van der Waals surface area contributed by atoms with Crippen LogP contribution in [0, 0.1) is 6.92 Å². The number of carbonyl (C=O) groups excluding carboxylic acids is 1. The molecule has 0 saturated heterocycles. The number of aryl methyl sites for hydroxylation is 1. The van der Waals surface area contributed by atoms with E-state index in [4.69, 9.17) is 9.47 Å². The summed E-state index contributed by atoms with van der Waals surface area (Å²) in [6, 6.07) is 11.3. The van der Waals surface area contributed by atoms with Gasteiger partial charge in [0, 0.05) is 34.9 Å². The molecule has 0 radical (unpaired) electrons. The standard InChI is InChI=1S/C18H21BrN2O3/c1-12-10-13(19)4-6-15(12)21-18(22)8-9-20-14-5-7-16(23-2)17(11-14)24-3/h4-7,10-11,20H,8-9H2,1-3H3,(H,21,22). The highest BCUT2D eigenvalue weighted by Gasteiger charge is 2.07. The fraction of sp³-hybridized carbons (Fsp3) is 0.278. The third kappa shape index (κ3) is 4.89. The van der Waals surface area contributed by atoms with Gasteiger partial charge in [-0.2, -0.15) is 0 Å². The molecule has 0 bridgehead atoms. The summed E-state index contributed by atoms with van der Waals surface area (Å²) in [5.41, 5.74) is 2.72. The lowest BCUT2D eigenvalue weighted by Crippen LogP contribution is -2.16. The molecule has 0 atom stereocenters. The fourth-order valence-corrected chi connectivity index (χ4v) is 2.72. The van der Waals surface area contributed by atoms with Gasteiger partial charge in [0.1, 0.15) is 0 Å². The highest BCUT2D eigenvalue weighted by atomic mass is 79.9. The van der Waals surface area contributed by atoms with Crippen LogP contribution in [-0.2, 0) is 4.79 Å². The molecule has 2 rings (SSSR count). The maximum absolute atomic E-state index is 12.1. The number of hydrogen-bond acceptors (Lipinski definition) is 4. The van der Waals surface area contributed by atoms with Crippen molar-refractivity contribution in [2.24, 2.45) is 0 Å². The van der Waals surface area contributed by atoms with Gasteiger partial charge in [-0.15, -0.1) is 0 Å². The van der Waals surface area contributed by atoms with Crippen molar-refractivity contribution in [3.63, 3.8) is 0 Å². The van der Waals surface area contributed by atoms with Gasteiger partial charge in [0.25, 0.3) is 0 Å². The summed E-state index contributed by atoms with van der Waals surface area (Å²) >= 11 is 3.41. The number of anilines is 2. The zero-order valence-corrected chi connectivity index (χ0v) is 15.6. The molecule has 0 aromatic heterocycles. The van der Waals surface area contributed by atoms with Crippen LogP contribution in [0.3, 0.4) is 0 Å². The molecule has 0 aliphatic rings. The summed E-state index contributed by atoms with van der Waals surface area (Å²) in [7, 11) is 3.19. The number of rotatable bonds is 7. The van der Waals surface area contributed by atoms with Crippen molar-refractivity contribution in [3.05, 3.63) is 46.4 Å². The zero-order valence-electron chi connectivity index (χ0n) is 14.0. The van der Waals surface area contributed by atoms with Crippen LogP contribution in [0.4, 0.5) is 11.4 Å². The first-order valence-electron chi connectivity index (χ1n) is 7.55. The highest BCUT2D eigenvalue weighted by molar-refractivity contribution is 9.10. The molecule has 128 valence electrons. The van der Waals surface area contributed by atoms with E-state index in [-0.39, 0.29) is 5.91 Å². The van der Waals surface area contributed by atoms with Crippen LogP contribution >= 0.6 is 15.9 Å². The molecule has 2 N–H and O–H groups in total. The molecule has 0 spiro atoms. The minimum absolute atomic E-state index is 0.0339. The molecule has 0 heterocycles. The number of benzene rings is 2. The van der Waals surface area contributed by atoms with Crippen molar-refractivity contribution < 1.29 is 14.3 Å². The molecular weight excluding hydrogens is 372 g/mol. The Morgan fingerprint density at radius 2 is 1.83 bits per heavy atom. The number of hydrogen-bond donors (Lipinski definition) is 2. The average molecular weight is 393 g/mol. The molecule has 1 amide bonds. The predicted octanol–water partition coefficient (Wildman–Crippen LogP) is 4.22. The topological polar surface area (TPSA) is 59.6 Å². The van der Waals surface area contributed by atoms with Gasteiger partial charge in [-0.1, -0.05) is 15.9 Å². The van der Waals surface area contributed by atoms with Gasteiger partial charge in [-0.3, -0.25) is 4.79 Å². The number of halogens is 1. The van der Waals surface area contributed by atoms with Gasteiger partial charge in [-0.25, -0.2) is 0 Å². The Morgan fingerprint density at radius 3 is 2.50 bits per heavy atom. The van der Waals surface area contributed by atoms with E-state index in [0.717, 1.165) is 21.4 Å². The second kappa shape index (κ2) is 8.59. The molecule has 0 aliphatic heterocycles. The maximum atomic E-state index is 12.1. The van der Waals surface area contributed by atoms with Crippen LogP contribution in [0.5, 0.6) is 11.5 Å². The first-order valence-corrected chi connectivity index (χ1v) is 8.34. The Bertz CT molecular complexity index is 719. The molecule has 5 nitrogen and oxygen atoms in total. The normalized spacial score (nSPS) is 10.2. The van der Waals surface area contributed by atoms with Crippen molar-refractivity contribution in [2.75, 3.05) is 31.4 Å². The van der Waals surface area contributed by atoms with Crippen LogP contribution in [0.1, 0.15) is 12.0 Å². The Kier molecular flexibility index (Phi) is 6.49. The van der Waals surface area contributed by atoms with Crippen molar-refractivity contribution in [3.8, 4) is 11.5 Å². The quantitative estimate of drug-likeness (QED) is 0.740. The minimum atomic E-state index is -0.0339. The third-order valence-corrected chi connectivity index (χ3v) is 4.02. The average Bonchev–Trinajstić information content (AvgIpc) is 2.57. The van der Waals surface area contributed by atoms with Crippen molar-refractivity contribution in [1.29, 1.82) is 0 Å². The molecular formula is C18H21BrN2O3. The van der Waals surface area contributed by atoms with Crippen molar-refractivity contribution in [2.45, 2.75) is 13.3 Å². The van der Waals surface area contributed by atoms with E-state index in [1.54, 1.807) is 14.2 Å². The number of amides is 1. The van der Waals surface area contributed by atoms with Gasteiger partial charge in [-0.05, 0) is 42.8 Å². The summed E-state index contributed by atoms with van der Waals surface area (Å²) < 4.78 is 11.5.